The van der Waals surface area contributed by atoms with E-state index in [9.17, 15) is 4.79 Å². The van der Waals surface area contributed by atoms with E-state index in [4.69, 9.17) is 10.7 Å². The van der Waals surface area contributed by atoms with Crippen LogP contribution in [0.5, 0.6) is 0 Å². The number of anilines is 2. The maximum Gasteiger partial charge on any atom is 0.263 e. The van der Waals surface area contributed by atoms with E-state index in [0.717, 1.165) is 60.0 Å². The Hall–Kier alpha value is -2.67. The van der Waals surface area contributed by atoms with Crippen molar-refractivity contribution in [2.24, 2.45) is 5.92 Å². The smallest absolute Gasteiger partial charge is 0.263 e. The molecule has 2 aliphatic rings. The molecule has 2 unspecified atom stereocenters. The van der Waals surface area contributed by atoms with Crippen LogP contribution in [0.3, 0.4) is 0 Å². The molecule has 1 fully saturated rings. The second-order valence-corrected chi connectivity index (χ2v) is 9.68. The zero-order valence-electron chi connectivity index (χ0n) is 17.4. The van der Waals surface area contributed by atoms with Gasteiger partial charge in [0.1, 0.15) is 15.5 Å². The van der Waals surface area contributed by atoms with Gasteiger partial charge in [-0.2, -0.15) is 0 Å². The molecule has 0 bridgehead atoms. The number of rotatable bonds is 3. The number of pyridine rings is 2. The molecule has 2 atom stereocenters. The van der Waals surface area contributed by atoms with Gasteiger partial charge in [-0.05, 0) is 62.3 Å². The normalized spacial score (nSPS) is 21.1. The van der Waals surface area contributed by atoms with Gasteiger partial charge in [0.05, 0.1) is 5.69 Å². The van der Waals surface area contributed by atoms with Crippen molar-refractivity contribution < 1.29 is 4.79 Å². The Balaban J connectivity index is 1.30. The van der Waals surface area contributed by atoms with Gasteiger partial charge < -0.3 is 16.0 Å². The van der Waals surface area contributed by atoms with Gasteiger partial charge in [-0.25, -0.2) is 9.97 Å². The average molecular weight is 422 g/mol. The topological polar surface area (TPSA) is 84.1 Å². The number of carbonyl (C=O) groups excluding carboxylic acids is 1. The summed E-state index contributed by atoms with van der Waals surface area (Å²) < 4.78 is 0. The number of fused-ring (bicyclic) bond motifs is 2. The molecule has 1 amide bonds. The third kappa shape index (κ3) is 3.51. The fourth-order valence-electron chi connectivity index (χ4n) is 4.55. The first-order valence-corrected chi connectivity index (χ1v) is 11.5. The quantitative estimate of drug-likeness (QED) is 0.673. The summed E-state index contributed by atoms with van der Waals surface area (Å²) in [5, 5.41) is 4.05. The minimum Gasteiger partial charge on any atom is -0.397 e. The van der Waals surface area contributed by atoms with Crippen molar-refractivity contribution in [3.05, 3.63) is 46.1 Å². The monoisotopic (exact) mass is 421 g/mol. The van der Waals surface area contributed by atoms with E-state index < -0.39 is 0 Å². The lowest BCUT2D eigenvalue weighted by molar-refractivity contribution is 0.0938. The molecule has 0 spiro atoms. The number of hydrogen-bond acceptors (Lipinski definition) is 6. The number of carbonyl (C=O) groups is 1. The number of nitrogen functional groups attached to an aromatic ring is 1. The van der Waals surface area contributed by atoms with Crippen LogP contribution in [-0.4, -0.2) is 35.0 Å². The minimum absolute atomic E-state index is 0.0998. The minimum atomic E-state index is -0.0998. The lowest BCUT2D eigenvalue weighted by atomic mass is 9.91. The van der Waals surface area contributed by atoms with Gasteiger partial charge in [-0.15, -0.1) is 11.3 Å². The zero-order chi connectivity index (χ0) is 20.8. The highest BCUT2D eigenvalue weighted by Crippen LogP contribution is 2.33. The number of nitrogens with one attached hydrogen (secondary N) is 1. The molecular formula is C23H27N5OS. The predicted molar refractivity (Wildman–Crippen MR) is 122 cm³/mol. The molecule has 1 aliphatic carbocycles. The molecule has 3 N–H and O–H groups in total. The highest BCUT2D eigenvalue weighted by molar-refractivity contribution is 7.21. The van der Waals surface area contributed by atoms with E-state index >= 15 is 0 Å². The summed E-state index contributed by atoms with van der Waals surface area (Å²) in [4.78, 5) is 26.1. The van der Waals surface area contributed by atoms with Gasteiger partial charge in [0, 0.05) is 35.9 Å². The Morgan fingerprint density at radius 3 is 2.90 bits per heavy atom. The van der Waals surface area contributed by atoms with Crippen LogP contribution in [0.1, 0.15) is 46.4 Å². The van der Waals surface area contributed by atoms with E-state index in [1.807, 2.05) is 19.1 Å². The number of aromatic nitrogens is 2. The summed E-state index contributed by atoms with van der Waals surface area (Å²) in [6.45, 7) is 6.43. The first-order valence-electron chi connectivity index (χ1n) is 10.7. The third-order valence-corrected chi connectivity index (χ3v) is 7.39. The molecule has 0 aromatic carbocycles. The first-order chi connectivity index (χ1) is 14.5. The second-order valence-electron chi connectivity index (χ2n) is 8.68. The van der Waals surface area contributed by atoms with Gasteiger partial charge in [-0.1, -0.05) is 13.0 Å². The number of aryl methyl sites for hydroxylation is 2. The lowest BCUT2D eigenvalue weighted by Gasteiger charge is -2.26. The van der Waals surface area contributed by atoms with Crippen molar-refractivity contribution >= 4 is 39.0 Å². The van der Waals surface area contributed by atoms with Crippen LogP contribution in [0.2, 0.25) is 0 Å². The number of hydrogen-bond donors (Lipinski definition) is 2. The second kappa shape index (κ2) is 7.54. The van der Waals surface area contributed by atoms with Crippen LogP contribution in [0, 0.1) is 12.8 Å². The van der Waals surface area contributed by atoms with Gasteiger partial charge >= 0.3 is 0 Å². The Bertz CT molecular complexity index is 1120. The van der Waals surface area contributed by atoms with Crippen molar-refractivity contribution in [1.82, 2.24) is 15.3 Å². The van der Waals surface area contributed by atoms with E-state index in [-0.39, 0.29) is 11.9 Å². The van der Waals surface area contributed by atoms with Crippen LogP contribution in [0.25, 0.3) is 10.2 Å². The summed E-state index contributed by atoms with van der Waals surface area (Å²) in [6, 6.07) is 8.30. The first kappa shape index (κ1) is 19.3. The highest BCUT2D eigenvalue weighted by atomic mass is 32.1. The van der Waals surface area contributed by atoms with Gasteiger partial charge in [0.25, 0.3) is 5.91 Å². The molecule has 156 valence electrons. The standard InChI is InChI=1S/C23H27N5OS/c1-13-9-10-28(12-13)19-8-4-15-11-16(5-7-18(15)27-19)26-22(29)21-20(24)17-6-3-14(2)25-23(17)30-21/h3-4,6,8,13,16H,5,7,9-12,24H2,1-2H3,(H,26,29). The molecule has 6 nitrogen and oxygen atoms in total. The Kier molecular flexibility index (Phi) is 4.85. The van der Waals surface area contributed by atoms with Gasteiger partial charge in [0.15, 0.2) is 0 Å². The molecule has 5 rings (SSSR count). The summed E-state index contributed by atoms with van der Waals surface area (Å²) in [6.07, 6.45) is 3.84. The molecule has 1 aliphatic heterocycles. The Morgan fingerprint density at radius 1 is 1.23 bits per heavy atom. The molecule has 0 saturated carbocycles. The van der Waals surface area contributed by atoms with Crippen LogP contribution in [0.4, 0.5) is 11.5 Å². The largest absolute Gasteiger partial charge is 0.397 e. The lowest BCUT2D eigenvalue weighted by Crippen LogP contribution is -2.39. The van der Waals surface area contributed by atoms with Crippen LogP contribution in [0.15, 0.2) is 24.3 Å². The van der Waals surface area contributed by atoms with Gasteiger partial charge in [0.2, 0.25) is 0 Å². The molecule has 4 heterocycles. The summed E-state index contributed by atoms with van der Waals surface area (Å²) >= 11 is 1.37. The molecule has 3 aromatic heterocycles. The SMILES string of the molecule is Cc1ccc2c(N)c(C(=O)NC3CCc4nc(N5CCC(C)C5)ccc4C3)sc2n1. The molecule has 3 aromatic rings. The Morgan fingerprint density at radius 2 is 2.10 bits per heavy atom. The summed E-state index contributed by atoms with van der Waals surface area (Å²) in [5.41, 5.74) is 10.1. The molecule has 7 heteroatoms. The fourth-order valence-corrected chi connectivity index (χ4v) is 5.59. The maximum atomic E-state index is 12.9. The maximum absolute atomic E-state index is 12.9. The average Bonchev–Trinajstić information content (AvgIpc) is 3.31. The van der Waals surface area contributed by atoms with Crippen molar-refractivity contribution in [3.63, 3.8) is 0 Å². The van der Waals surface area contributed by atoms with E-state index in [1.165, 1.54) is 29.0 Å². The van der Waals surface area contributed by atoms with Crippen molar-refractivity contribution in [2.45, 2.75) is 45.6 Å². The molecule has 30 heavy (non-hydrogen) atoms. The van der Waals surface area contributed by atoms with E-state index in [0.29, 0.717) is 10.6 Å². The molecule has 0 radical (unpaired) electrons. The van der Waals surface area contributed by atoms with Crippen molar-refractivity contribution in [1.29, 1.82) is 0 Å². The van der Waals surface area contributed by atoms with E-state index in [1.54, 1.807) is 0 Å². The fraction of sp³-hybridized carbons (Fsp3) is 0.435. The van der Waals surface area contributed by atoms with Crippen molar-refractivity contribution in [2.75, 3.05) is 23.7 Å². The van der Waals surface area contributed by atoms with Crippen LogP contribution in [-0.2, 0) is 12.8 Å². The van der Waals surface area contributed by atoms with Crippen LogP contribution < -0.4 is 16.0 Å². The highest BCUT2D eigenvalue weighted by Gasteiger charge is 2.26. The number of thiophene rings is 1. The third-order valence-electron chi connectivity index (χ3n) is 6.27. The zero-order valence-corrected chi connectivity index (χ0v) is 18.3. The number of nitrogens with zero attached hydrogens (tertiary/aromatic N) is 3. The Labute approximate surface area is 180 Å². The van der Waals surface area contributed by atoms with Crippen LogP contribution >= 0.6 is 11.3 Å². The van der Waals surface area contributed by atoms with E-state index in [2.05, 4.69) is 34.3 Å². The molecular weight excluding hydrogens is 394 g/mol. The van der Waals surface area contributed by atoms with Gasteiger partial charge in [-0.3, -0.25) is 4.79 Å². The number of nitrogens with two attached hydrogens (primary N) is 1. The van der Waals surface area contributed by atoms with Crippen molar-refractivity contribution in [3.8, 4) is 0 Å². The summed E-state index contributed by atoms with van der Waals surface area (Å²) in [7, 11) is 0. The number of amides is 1. The predicted octanol–water partition coefficient (Wildman–Crippen LogP) is 3.72. The molecule has 1 saturated heterocycles. The summed E-state index contributed by atoms with van der Waals surface area (Å²) in [5.74, 6) is 1.74.